The van der Waals surface area contributed by atoms with Gasteiger partial charge in [-0.3, -0.25) is 0 Å². The molecule has 6 aromatic rings. The Hall–Kier alpha value is -4.71. The van der Waals surface area contributed by atoms with Gasteiger partial charge in [-0.25, -0.2) is 14.0 Å². The maximum Gasteiger partial charge on any atom is 0.238 e. The van der Waals surface area contributed by atoms with Gasteiger partial charge in [0.15, 0.2) is 0 Å². The molecule has 0 fully saturated rings. The van der Waals surface area contributed by atoms with Crippen LogP contribution in [0.2, 0.25) is 0 Å². The highest BCUT2D eigenvalue weighted by atomic mass is 15.6. The van der Waals surface area contributed by atoms with E-state index in [1.54, 1.807) is 0 Å². The van der Waals surface area contributed by atoms with Crippen LogP contribution in [0.25, 0.3) is 33.8 Å². The number of hydrogen-bond acceptors (Lipinski definition) is 3. The SMILES string of the molecule is Cc1ccc(-c2ccn(C(n3ccc(-c4ccc(C)cc4)n3)n3ccc(-c4ccc(C)cc4)n3)n2)cc1. The first kappa shape index (κ1) is 22.7. The molecule has 0 saturated heterocycles. The summed E-state index contributed by atoms with van der Waals surface area (Å²) in [6.45, 7) is 6.27. The van der Waals surface area contributed by atoms with Crippen molar-refractivity contribution in [3.63, 3.8) is 0 Å². The lowest BCUT2D eigenvalue weighted by atomic mass is 10.1. The molecule has 0 aliphatic heterocycles. The van der Waals surface area contributed by atoms with Crippen LogP contribution in [0.4, 0.5) is 0 Å². The summed E-state index contributed by atoms with van der Waals surface area (Å²) in [5.74, 6) is 0. The molecular formula is C31H28N6. The van der Waals surface area contributed by atoms with Crippen LogP contribution >= 0.6 is 0 Å². The van der Waals surface area contributed by atoms with E-state index in [4.69, 9.17) is 15.3 Å². The highest BCUT2D eigenvalue weighted by molar-refractivity contribution is 5.60. The molecule has 0 aliphatic rings. The minimum atomic E-state index is -0.405. The van der Waals surface area contributed by atoms with Gasteiger partial charge in [-0.1, -0.05) is 89.5 Å². The van der Waals surface area contributed by atoms with E-state index >= 15 is 0 Å². The molecule has 182 valence electrons. The Bertz CT molecular complexity index is 1430. The fourth-order valence-corrected chi connectivity index (χ4v) is 4.40. The maximum atomic E-state index is 4.95. The molecule has 0 aliphatic carbocycles. The summed E-state index contributed by atoms with van der Waals surface area (Å²) in [4.78, 5) is 0. The number of aromatic nitrogens is 6. The average molecular weight is 485 g/mol. The molecular weight excluding hydrogens is 456 g/mol. The molecule has 0 spiro atoms. The number of aryl methyl sites for hydroxylation is 3. The van der Waals surface area contributed by atoms with Crippen molar-refractivity contribution < 1.29 is 0 Å². The van der Waals surface area contributed by atoms with Crippen molar-refractivity contribution in [1.29, 1.82) is 0 Å². The van der Waals surface area contributed by atoms with Gasteiger partial charge in [-0.15, -0.1) is 0 Å². The molecule has 0 unspecified atom stereocenters. The minimum Gasteiger partial charge on any atom is -0.227 e. The van der Waals surface area contributed by atoms with Crippen LogP contribution in [0.1, 0.15) is 23.0 Å². The van der Waals surface area contributed by atoms with E-state index in [2.05, 4.69) is 93.6 Å². The van der Waals surface area contributed by atoms with Gasteiger partial charge in [-0.05, 0) is 39.0 Å². The second kappa shape index (κ2) is 9.39. The fourth-order valence-electron chi connectivity index (χ4n) is 4.40. The highest BCUT2D eigenvalue weighted by Crippen LogP contribution is 2.25. The molecule has 0 radical (unpaired) electrons. The van der Waals surface area contributed by atoms with Gasteiger partial charge in [-0.2, -0.15) is 15.3 Å². The Kier molecular flexibility index (Phi) is 5.77. The molecule has 3 aromatic heterocycles. The summed E-state index contributed by atoms with van der Waals surface area (Å²) in [6, 6.07) is 31.3. The van der Waals surface area contributed by atoms with Crippen molar-refractivity contribution in [3.8, 4) is 33.8 Å². The first-order valence-corrected chi connectivity index (χ1v) is 12.4. The van der Waals surface area contributed by atoms with Crippen LogP contribution in [0.3, 0.4) is 0 Å². The van der Waals surface area contributed by atoms with Gasteiger partial charge < -0.3 is 0 Å². The monoisotopic (exact) mass is 484 g/mol. The van der Waals surface area contributed by atoms with Crippen molar-refractivity contribution in [1.82, 2.24) is 29.3 Å². The van der Waals surface area contributed by atoms with Gasteiger partial charge in [0.2, 0.25) is 6.29 Å². The van der Waals surface area contributed by atoms with Crippen molar-refractivity contribution in [2.24, 2.45) is 0 Å². The lowest BCUT2D eigenvalue weighted by Gasteiger charge is -2.19. The molecule has 0 amide bonds. The van der Waals surface area contributed by atoms with Crippen LogP contribution in [-0.2, 0) is 0 Å². The Labute approximate surface area is 216 Å². The smallest absolute Gasteiger partial charge is 0.227 e. The first-order valence-electron chi connectivity index (χ1n) is 12.4. The van der Waals surface area contributed by atoms with E-state index < -0.39 is 6.29 Å². The first-order chi connectivity index (χ1) is 18.0. The number of hydrogen-bond donors (Lipinski definition) is 0. The topological polar surface area (TPSA) is 53.5 Å². The van der Waals surface area contributed by atoms with Crippen LogP contribution in [0.15, 0.2) is 110 Å². The third kappa shape index (κ3) is 4.61. The van der Waals surface area contributed by atoms with E-state index in [0.717, 1.165) is 33.8 Å². The summed E-state index contributed by atoms with van der Waals surface area (Å²) in [5.41, 5.74) is 9.61. The molecule has 3 heterocycles. The number of benzene rings is 3. The molecule has 0 N–H and O–H groups in total. The summed E-state index contributed by atoms with van der Waals surface area (Å²) >= 11 is 0. The van der Waals surface area contributed by atoms with Gasteiger partial charge in [0, 0.05) is 35.3 Å². The van der Waals surface area contributed by atoms with Gasteiger partial charge >= 0.3 is 0 Å². The Morgan fingerprint density at radius 1 is 0.405 bits per heavy atom. The Morgan fingerprint density at radius 3 is 0.946 bits per heavy atom. The second-order valence-electron chi connectivity index (χ2n) is 9.49. The summed E-state index contributed by atoms with van der Waals surface area (Å²) < 4.78 is 5.73. The summed E-state index contributed by atoms with van der Waals surface area (Å²) in [6.07, 6.45) is 5.55. The third-order valence-electron chi connectivity index (χ3n) is 6.58. The lowest BCUT2D eigenvalue weighted by molar-refractivity contribution is 0.286. The van der Waals surface area contributed by atoms with Crippen LogP contribution < -0.4 is 0 Å². The number of nitrogens with zero attached hydrogens (tertiary/aromatic N) is 6. The molecule has 6 rings (SSSR count). The average Bonchev–Trinajstić information content (AvgIpc) is 3.68. The van der Waals surface area contributed by atoms with Crippen LogP contribution in [0, 0.1) is 20.8 Å². The van der Waals surface area contributed by atoms with Gasteiger partial charge in [0.25, 0.3) is 0 Å². The predicted molar refractivity (Wildman–Crippen MR) is 147 cm³/mol. The minimum absolute atomic E-state index is 0.405. The maximum absolute atomic E-state index is 4.95. The Balaban J connectivity index is 1.41. The quantitative estimate of drug-likeness (QED) is 0.263. The molecule has 0 bridgehead atoms. The third-order valence-corrected chi connectivity index (χ3v) is 6.58. The molecule has 6 heteroatoms. The second-order valence-corrected chi connectivity index (χ2v) is 9.49. The summed E-state index contributed by atoms with van der Waals surface area (Å²) in [5, 5.41) is 14.8. The standard InChI is InChI=1S/C31H28N6/c1-22-4-10-25(11-5-22)28-16-19-35(32-28)31(36-20-17-29(33-36)26-12-6-23(2)7-13-26)37-21-18-30(34-37)27-14-8-24(3)9-15-27/h4-21,31H,1-3H3. The number of rotatable bonds is 6. The van der Waals surface area contributed by atoms with E-state index in [0.29, 0.717) is 0 Å². The van der Waals surface area contributed by atoms with Gasteiger partial charge in [0.05, 0.1) is 17.1 Å². The molecule has 0 atom stereocenters. The lowest BCUT2D eigenvalue weighted by Crippen LogP contribution is -2.27. The highest BCUT2D eigenvalue weighted by Gasteiger charge is 2.20. The van der Waals surface area contributed by atoms with Crippen molar-refractivity contribution in [3.05, 3.63) is 126 Å². The zero-order chi connectivity index (χ0) is 25.4. The van der Waals surface area contributed by atoms with E-state index in [9.17, 15) is 0 Å². The normalized spacial score (nSPS) is 11.4. The molecule has 3 aromatic carbocycles. The fraction of sp³-hybridized carbons (Fsp3) is 0.129. The predicted octanol–water partition coefficient (Wildman–Crippen LogP) is 6.76. The van der Waals surface area contributed by atoms with Crippen molar-refractivity contribution >= 4 is 0 Å². The summed E-state index contributed by atoms with van der Waals surface area (Å²) in [7, 11) is 0. The molecule has 37 heavy (non-hydrogen) atoms. The van der Waals surface area contributed by atoms with Crippen molar-refractivity contribution in [2.45, 2.75) is 27.1 Å². The largest absolute Gasteiger partial charge is 0.238 e. The van der Waals surface area contributed by atoms with E-state index in [-0.39, 0.29) is 0 Å². The Morgan fingerprint density at radius 2 is 0.676 bits per heavy atom. The zero-order valence-corrected chi connectivity index (χ0v) is 21.2. The van der Waals surface area contributed by atoms with Crippen LogP contribution in [0.5, 0.6) is 0 Å². The molecule has 0 saturated carbocycles. The molecule has 6 nitrogen and oxygen atoms in total. The van der Waals surface area contributed by atoms with Gasteiger partial charge in [0.1, 0.15) is 0 Å². The van der Waals surface area contributed by atoms with Crippen molar-refractivity contribution in [2.75, 3.05) is 0 Å². The zero-order valence-electron chi connectivity index (χ0n) is 21.2. The van der Waals surface area contributed by atoms with E-state index in [1.807, 2.05) is 50.8 Å². The van der Waals surface area contributed by atoms with E-state index in [1.165, 1.54) is 16.7 Å². The van der Waals surface area contributed by atoms with Crippen LogP contribution in [-0.4, -0.2) is 29.3 Å².